The molecule has 0 aliphatic heterocycles. The SMILES string of the molecule is C[C@H](OC(=O)c1cccc(Cl)c1)C(=O)Nc1ccc(Cl)cc1. The van der Waals surface area contributed by atoms with Crippen LogP contribution >= 0.6 is 23.2 Å². The van der Waals surface area contributed by atoms with Gasteiger partial charge in [-0.05, 0) is 49.4 Å². The molecule has 1 atom stereocenters. The number of anilines is 1. The summed E-state index contributed by atoms with van der Waals surface area (Å²) in [6, 6.07) is 13.0. The van der Waals surface area contributed by atoms with Crippen molar-refractivity contribution in [2.45, 2.75) is 13.0 Å². The van der Waals surface area contributed by atoms with Crippen molar-refractivity contribution >= 4 is 40.8 Å². The Labute approximate surface area is 138 Å². The molecule has 0 radical (unpaired) electrons. The van der Waals surface area contributed by atoms with Gasteiger partial charge in [-0.25, -0.2) is 4.79 Å². The first-order chi connectivity index (χ1) is 10.5. The summed E-state index contributed by atoms with van der Waals surface area (Å²) in [5.41, 5.74) is 0.860. The quantitative estimate of drug-likeness (QED) is 0.851. The number of carbonyl (C=O) groups is 2. The molecular formula is C16H13Cl2NO3. The van der Waals surface area contributed by atoms with Gasteiger partial charge in [-0.1, -0.05) is 29.3 Å². The van der Waals surface area contributed by atoms with Gasteiger partial charge in [-0.2, -0.15) is 0 Å². The summed E-state index contributed by atoms with van der Waals surface area (Å²) in [5.74, 6) is -1.04. The lowest BCUT2D eigenvalue weighted by atomic mass is 10.2. The summed E-state index contributed by atoms with van der Waals surface area (Å²) in [5, 5.41) is 3.63. The third kappa shape index (κ3) is 4.48. The maximum atomic E-state index is 12.0. The van der Waals surface area contributed by atoms with Crippen LogP contribution in [0.1, 0.15) is 17.3 Å². The molecule has 0 aromatic heterocycles. The second-order valence-electron chi connectivity index (χ2n) is 4.55. The topological polar surface area (TPSA) is 55.4 Å². The van der Waals surface area contributed by atoms with Crippen molar-refractivity contribution in [3.05, 3.63) is 64.1 Å². The van der Waals surface area contributed by atoms with Crippen molar-refractivity contribution in [3.8, 4) is 0 Å². The standard InChI is InChI=1S/C16H13Cl2NO3/c1-10(15(20)19-14-7-5-12(17)6-8-14)22-16(21)11-3-2-4-13(18)9-11/h2-10H,1H3,(H,19,20)/t10-/m0/s1. The lowest BCUT2D eigenvalue weighted by molar-refractivity contribution is -0.123. The third-order valence-corrected chi connectivity index (χ3v) is 3.31. The first kappa shape index (κ1) is 16.3. The van der Waals surface area contributed by atoms with Crippen LogP contribution in [0.15, 0.2) is 48.5 Å². The van der Waals surface area contributed by atoms with Gasteiger partial charge in [0.1, 0.15) is 0 Å². The summed E-state index contributed by atoms with van der Waals surface area (Å²) < 4.78 is 5.11. The fourth-order valence-electron chi connectivity index (χ4n) is 1.67. The normalized spacial score (nSPS) is 11.6. The Kier molecular flexibility index (Phi) is 5.41. The minimum absolute atomic E-state index is 0.290. The number of nitrogens with one attached hydrogen (secondary N) is 1. The molecule has 0 saturated heterocycles. The van der Waals surface area contributed by atoms with E-state index in [9.17, 15) is 9.59 Å². The molecule has 0 spiro atoms. The van der Waals surface area contributed by atoms with Crippen molar-refractivity contribution in [1.29, 1.82) is 0 Å². The minimum atomic E-state index is -0.942. The molecule has 2 aromatic carbocycles. The van der Waals surface area contributed by atoms with Crippen LogP contribution in [0, 0.1) is 0 Å². The van der Waals surface area contributed by atoms with Gasteiger partial charge in [0.05, 0.1) is 5.56 Å². The molecule has 4 nitrogen and oxygen atoms in total. The Hall–Kier alpha value is -2.04. The average molecular weight is 338 g/mol. The van der Waals surface area contributed by atoms with Crippen molar-refractivity contribution in [3.63, 3.8) is 0 Å². The predicted octanol–water partition coefficient (Wildman–Crippen LogP) is 4.18. The molecule has 0 fully saturated rings. The van der Waals surface area contributed by atoms with Crippen molar-refractivity contribution < 1.29 is 14.3 Å². The van der Waals surface area contributed by atoms with Gasteiger partial charge < -0.3 is 10.1 Å². The minimum Gasteiger partial charge on any atom is -0.449 e. The zero-order valence-electron chi connectivity index (χ0n) is 11.7. The molecule has 114 valence electrons. The molecule has 0 bridgehead atoms. The second kappa shape index (κ2) is 7.29. The molecular weight excluding hydrogens is 325 g/mol. The van der Waals surface area contributed by atoms with E-state index in [2.05, 4.69) is 5.32 Å². The largest absolute Gasteiger partial charge is 0.449 e. The molecule has 0 aliphatic carbocycles. The number of halogens is 2. The highest BCUT2D eigenvalue weighted by Crippen LogP contribution is 2.15. The van der Waals surface area contributed by atoms with E-state index in [1.54, 1.807) is 42.5 Å². The van der Waals surface area contributed by atoms with Gasteiger partial charge in [0.2, 0.25) is 0 Å². The average Bonchev–Trinajstić information content (AvgIpc) is 2.49. The molecule has 0 unspecified atom stereocenters. The molecule has 2 rings (SSSR count). The van der Waals surface area contributed by atoms with E-state index < -0.39 is 18.0 Å². The van der Waals surface area contributed by atoms with Crippen LogP contribution in [0.5, 0.6) is 0 Å². The molecule has 2 aromatic rings. The van der Waals surface area contributed by atoms with E-state index in [1.165, 1.54) is 13.0 Å². The predicted molar refractivity (Wildman–Crippen MR) is 86.4 cm³/mol. The van der Waals surface area contributed by atoms with Crippen LogP contribution in [0.2, 0.25) is 10.0 Å². The van der Waals surface area contributed by atoms with Gasteiger partial charge >= 0.3 is 5.97 Å². The lowest BCUT2D eigenvalue weighted by Gasteiger charge is -2.13. The van der Waals surface area contributed by atoms with Crippen LogP contribution in [0.3, 0.4) is 0 Å². The molecule has 6 heteroatoms. The van der Waals surface area contributed by atoms with Crippen LogP contribution in [-0.2, 0) is 9.53 Å². The number of benzene rings is 2. The van der Waals surface area contributed by atoms with E-state index >= 15 is 0 Å². The zero-order valence-corrected chi connectivity index (χ0v) is 13.2. The van der Waals surface area contributed by atoms with Gasteiger partial charge in [0, 0.05) is 15.7 Å². The highest BCUT2D eigenvalue weighted by atomic mass is 35.5. The van der Waals surface area contributed by atoms with Gasteiger partial charge in [0.25, 0.3) is 5.91 Å². The monoisotopic (exact) mass is 337 g/mol. The van der Waals surface area contributed by atoms with Crippen LogP contribution in [0.4, 0.5) is 5.69 Å². The maximum absolute atomic E-state index is 12.0. The van der Waals surface area contributed by atoms with Crippen LogP contribution < -0.4 is 5.32 Å². The first-order valence-corrected chi connectivity index (χ1v) is 7.24. The van der Waals surface area contributed by atoms with Crippen molar-refractivity contribution in [2.24, 2.45) is 0 Å². The smallest absolute Gasteiger partial charge is 0.338 e. The molecule has 22 heavy (non-hydrogen) atoms. The molecule has 0 aliphatic rings. The van der Waals surface area contributed by atoms with Crippen molar-refractivity contribution in [1.82, 2.24) is 0 Å². The Morgan fingerprint density at radius 1 is 1.05 bits per heavy atom. The number of amides is 1. The molecule has 0 saturated carbocycles. The number of hydrogen-bond acceptors (Lipinski definition) is 3. The van der Waals surface area contributed by atoms with E-state index in [0.717, 1.165) is 0 Å². The van der Waals surface area contributed by atoms with E-state index in [0.29, 0.717) is 21.3 Å². The number of carbonyl (C=O) groups excluding carboxylic acids is 2. The Morgan fingerprint density at radius 2 is 1.73 bits per heavy atom. The Bertz CT molecular complexity index is 686. The molecule has 0 heterocycles. The molecule has 1 amide bonds. The fourth-order valence-corrected chi connectivity index (χ4v) is 1.99. The lowest BCUT2D eigenvalue weighted by Crippen LogP contribution is -2.29. The summed E-state index contributed by atoms with van der Waals surface area (Å²) in [4.78, 5) is 23.9. The van der Waals surface area contributed by atoms with Gasteiger partial charge in [-0.3, -0.25) is 4.79 Å². The first-order valence-electron chi connectivity index (χ1n) is 6.48. The van der Waals surface area contributed by atoms with Crippen LogP contribution in [0.25, 0.3) is 0 Å². The highest BCUT2D eigenvalue weighted by molar-refractivity contribution is 6.31. The summed E-state index contributed by atoms with van der Waals surface area (Å²) in [7, 11) is 0. The third-order valence-electron chi connectivity index (χ3n) is 2.83. The van der Waals surface area contributed by atoms with Gasteiger partial charge in [-0.15, -0.1) is 0 Å². The summed E-state index contributed by atoms with van der Waals surface area (Å²) in [6.45, 7) is 1.49. The van der Waals surface area contributed by atoms with Crippen molar-refractivity contribution in [2.75, 3.05) is 5.32 Å². The zero-order chi connectivity index (χ0) is 16.1. The van der Waals surface area contributed by atoms with E-state index in [4.69, 9.17) is 27.9 Å². The highest BCUT2D eigenvalue weighted by Gasteiger charge is 2.19. The van der Waals surface area contributed by atoms with Gasteiger partial charge in [0.15, 0.2) is 6.10 Å². The Balaban J connectivity index is 1.96. The summed E-state index contributed by atoms with van der Waals surface area (Å²) in [6.07, 6.45) is -0.942. The molecule has 1 N–H and O–H groups in total. The number of rotatable bonds is 4. The number of hydrogen-bond donors (Lipinski definition) is 1. The number of ether oxygens (including phenoxy) is 1. The second-order valence-corrected chi connectivity index (χ2v) is 5.43. The fraction of sp³-hybridized carbons (Fsp3) is 0.125. The maximum Gasteiger partial charge on any atom is 0.338 e. The number of esters is 1. The van der Waals surface area contributed by atoms with E-state index in [1.807, 2.05) is 0 Å². The Morgan fingerprint density at radius 3 is 2.36 bits per heavy atom. The van der Waals surface area contributed by atoms with E-state index in [-0.39, 0.29) is 0 Å². The van der Waals surface area contributed by atoms with Crippen LogP contribution in [-0.4, -0.2) is 18.0 Å². The summed E-state index contributed by atoms with van der Waals surface area (Å²) >= 11 is 11.6.